The predicted molar refractivity (Wildman–Crippen MR) is 121 cm³/mol. The maximum absolute atomic E-state index is 13.1. The number of nitrogens with zero attached hydrogens (tertiary/aromatic N) is 2. The molecule has 0 aliphatic carbocycles. The molecule has 32 heavy (non-hydrogen) atoms. The van der Waals surface area contributed by atoms with E-state index < -0.39 is 37.9 Å². The van der Waals surface area contributed by atoms with Crippen molar-refractivity contribution in [3.63, 3.8) is 0 Å². The zero-order valence-corrected chi connectivity index (χ0v) is 18.6. The van der Waals surface area contributed by atoms with E-state index in [0.29, 0.717) is 0 Å². The van der Waals surface area contributed by atoms with Crippen LogP contribution in [0.5, 0.6) is 0 Å². The number of pyridine rings is 2. The molecule has 0 radical (unpaired) electrons. The van der Waals surface area contributed by atoms with Crippen LogP contribution in [0.4, 0.5) is 11.4 Å². The van der Waals surface area contributed by atoms with Gasteiger partial charge in [0.2, 0.25) is 5.78 Å². The van der Waals surface area contributed by atoms with Crippen LogP contribution in [-0.2, 0) is 0 Å². The monoisotopic (exact) mass is 562 g/mol. The second-order valence-electron chi connectivity index (χ2n) is 6.65. The van der Waals surface area contributed by atoms with Gasteiger partial charge in [-0.2, -0.15) is 0 Å². The molecular weight excluding hydrogens is 556 g/mol. The Morgan fingerprint density at radius 3 is 1.44 bits per heavy atom. The molecule has 160 valence electrons. The number of nitrogens with one attached hydrogen (secondary N) is 2. The summed E-state index contributed by atoms with van der Waals surface area (Å²) in [5, 5.41) is 22.6. The summed E-state index contributed by atoms with van der Waals surface area (Å²) in [5.74, 6) is -0.943. The second-order valence-corrected chi connectivity index (χ2v) is 8.36. The molecule has 0 fully saturated rings. The molecular formula is C19H8Br2N4O7. The number of hydrogen-bond acceptors (Lipinski definition) is 7. The summed E-state index contributed by atoms with van der Waals surface area (Å²) in [6.07, 6.45) is 0. The first-order chi connectivity index (χ1) is 15.1. The van der Waals surface area contributed by atoms with Gasteiger partial charge in [0.05, 0.1) is 32.0 Å². The summed E-state index contributed by atoms with van der Waals surface area (Å²) in [6.45, 7) is 0. The van der Waals surface area contributed by atoms with Gasteiger partial charge in [-0.05, 0) is 44.0 Å². The van der Waals surface area contributed by atoms with Gasteiger partial charge in [-0.15, -0.1) is 0 Å². The number of halogens is 2. The van der Waals surface area contributed by atoms with E-state index in [1.165, 1.54) is 24.3 Å². The van der Waals surface area contributed by atoms with E-state index in [4.69, 9.17) is 0 Å². The number of hydrogen-bond donors (Lipinski definition) is 2. The van der Waals surface area contributed by atoms with Gasteiger partial charge in [-0.1, -0.05) is 0 Å². The molecule has 13 heteroatoms. The molecule has 0 atom stereocenters. The van der Waals surface area contributed by atoms with Crippen LogP contribution in [0.2, 0.25) is 0 Å². The van der Waals surface area contributed by atoms with E-state index in [2.05, 4.69) is 41.8 Å². The highest BCUT2D eigenvalue weighted by atomic mass is 79.9. The van der Waals surface area contributed by atoms with Crippen molar-refractivity contribution in [1.29, 1.82) is 0 Å². The Morgan fingerprint density at radius 2 is 1.09 bits per heavy atom. The molecule has 4 rings (SSSR count). The molecule has 0 unspecified atom stereocenters. The van der Waals surface area contributed by atoms with E-state index in [9.17, 15) is 34.6 Å². The number of carbonyl (C=O) groups is 1. The molecule has 2 heterocycles. The highest BCUT2D eigenvalue weighted by Gasteiger charge is 2.21. The molecule has 0 aliphatic heterocycles. The number of carbonyl (C=O) groups excluding carboxylic acids is 1. The van der Waals surface area contributed by atoms with Gasteiger partial charge in [0, 0.05) is 44.0 Å². The fraction of sp³-hybridized carbons (Fsp3) is 0. The number of nitro benzene ring substituents is 2. The van der Waals surface area contributed by atoms with Crippen LogP contribution in [0, 0.1) is 20.2 Å². The van der Waals surface area contributed by atoms with Gasteiger partial charge in [0.15, 0.2) is 0 Å². The lowest BCUT2D eigenvalue weighted by molar-refractivity contribution is -0.384. The second kappa shape index (κ2) is 7.76. The first-order valence-corrected chi connectivity index (χ1v) is 10.2. The third-order valence-corrected chi connectivity index (χ3v) is 5.94. The molecule has 2 N–H and O–H groups in total. The Bertz CT molecular complexity index is 1510. The van der Waals surface area contributed by atoms with Gasteiger partial charge in [0.25, 0.3) is 22.5 Å². The number of rotatable bonds is 4. The van der Waals surface area contributed by atoms with E-state index in [1.807, 2.05) is 0 Å². The number of H-pyrrole nitrogens is 2. The number of aromatic amines is 2. The lowest BCUT2D eigenvalue weighted by Crippen LogP contribution is -2.24. The minimum atomic E-state index is -0.943. The summed E-state index contributed by atoms with van der Waals surface area (Å²) in [5.41, 5.74) is -2.51. The molecule has 0 aliphatic rings. The molecule has 0 amide bonds. The lowest BCUT2D eigenvalue weighted by Gasteiger charge is -2.07. The van der Waals surface area contributed by atoms with Gasteiger partial charge >= 0.3 is 0 Å². The third kappa shape index (κ3) is 3.61. The fourth-order valence-electron chi connectivity index (χ4n) is 3.21. The Balaban J connectivity index is 1.93. The largest absolute Gasteiger partial charge is 0.320 e. The highest BCUT2D eigenvalue weighted by molar-refractivity contribution is 9.11. The molecule has 2 aromatic carbocycles. The number of benzene rings is 2. The predicted octanol–water partition coefficient (Wildman–Crippen LogP) is 3.94. The average molecular weight is 564 g/mol. The van der Waals surface area contributed by atoms with Crippen molar-refractivity contribution in [2.24, 2.45) is 0 Å². The van der Waals surface area contributed by atoms with Crippen molar-refractivity contribution in [3.8, 4) is 0 Å². The first kappa shape index (κ1) is 21.5. The molecule has 0 saturated carbocycles. The zero-order chi connectivity index (χ0) is 23.3. The molecule has 0 bridgehead atoms. The van der Waals surface area contributed by atoms with Crippen LogP contribution in [0.15, 0.2) is 54.9 Å². The molecule has 2 aromatic heterocycles. The van der Waals surface area contributed by atoms with Gasteiger partial charge in [0.1, 0.15) is 0 Å². The van der Waals surface area contributed by atoms with Gasteiger partial charge in [-0.25, -0.2) is 0 Å². The fourth-order valence-corrected chi connectivity index (χ4v) is 4.34. The van der Waals surface area contributed by atoms with E-state index in [-0.39, 0.29) is 42.1 Å². The van der Waals surface area contributed by atoms with Crippen LogP contribution in [0.25, 0.3) is 21.8 Å². The van der Waals surface area contributed by atoms with Crippen LogP contribution < -0.4 is 11.1 Å². The first-order valence-electron chi connectivity index (χ1n) is 8.63. The van der Waals surface area contributed by atoms with Crippen LogP contribution >= 0.6 is 31.9 Å². The van der Waals surface area contributed by atoms with Gasteiger partial charge in [-0.3, -0.25) is 34.6 Å². The van der Waals surface area contributed by atoms with Crippen LogP contribution in [0.3, 0.4) is 0 Å². The molecule has 0 spiro atoms. The third-order valence-electron chi connectivity index (χ3n) is 4.69. The summed E-state index contributed by atoms with van der Waals surface area (Å²) in [4.78, 5) is 64.1. The van der Waals surface area contributed by atoms with Crippen molar-refractivity contribution in [1.82, 2.24) is 9.97 Å². The molecule has 0 saturated heterocycles. The maximum Gasteiger partial charge on any atom is 0.271 e. The minimum absolute atomic E-state index is 0.199. The zero-order valence-electron chi connectivity index (χ0n) is 15.5. The summed E-state index contributed by atoms with van der Waals surface area (Å²) >= 11 is 6.29. The smallest absolute Gasteiger partial charge is 0.271 e. The maximum atomic E-state index is 13.1. The van der Waals surface area contributed by atoms with Crippen molar-refractivity contribution < 1.29 is 14.6 Å². The van der Waals surface area contributed by atoms with Crippen LogP contribution in [-0.4, -0.2) is 25.6 Å². The molecule has 4 aromatic rings. The quantitative estimate of drug-likeness (QED) is 0.215. The Kier molecular flexibility index (Phi) is 5.22. The lowest BCUT2D eigenvalue weighted by atomic mass is 10.0. The van der Waals surface area contributed by atoms with E-state index in [1.54, 1.807) is 0 Å². The highest BCUT2D eigenvalue weighted by Crippen LogP contribution is 2.29. The number of fused-ring (bicyclic) bond motifs is 2. The summed E-state index contributed by atoms with van der Waals surface area (Å²) < 4.78 is 0.497. The average Bonchev–Trinajstić information content (AvgIpc) is 2.73. The Labute approximate surface area is 192 Å². The topological polar surface area (TPSA) is 169 Å². The summed E-state index contributed by atoms with van der Waals surface area (Å²) in [6, 6.07) is 7.08. The van der Waals surface area contributed by atoms with Crippen molar-refractivity contribution >= 4 is 70.8 Å². The number of nitro groups is 2. The van der Waals surface area contributed by atoms with Crippen LogP contribution in [0.1, 0.15) is 15.9 Å². The minimum Gasteiger partial charge on any atom is -0.320 e. The number of aromatic nitrogens is 2. The Morgan fingerprint density at radius 1 is 0.719 bits per heavy atom. The molecule has 11 nitrogen and oxygen atoms in total. The van der Waals surface area contributed by atoms with E-state index in [0.717, 1.165) is 12.1 Å². The SMILES string of the molecule is O=C(c1cc2cc([N+](=O)[O-])cc(Br)c2[nH]c1=O)c1cc2cc([N+](=O)[O-])cc(Br)c2[nH]c1=O. The number of non-ortho nitro benzene ring substituents is 2. The van der Waals surface area contributed by atoms with Gasteiger partial charge < -0.3 is 9.97 Å². The standard InChI is InChI=1S/C19H8Br2N4O7/c20-13-5-9(24(29)30)1-7-3-11(18(27)22-15(7)13)17(26)12-4-8-2-10(25(31)32)6-14(21)16(8)23-19(12)28/h1-6H,(H,22,27)(H,23,28). The van der Waals surface area contributed by atoms with Crippen molar-refractivity contribution in [2.45, 2.75) is 0 Å². The Hall–Kier alpha value is -3.71. The number of ketones is 1. The summed E-state index contributed by atoms with van der Waals surface area (Å²) in [7, 11) is 0. The normalized spacial score (nSPS) is 11.1. The van der Waals surface area contributed by atoms with Crippen molar-refractivity contribution in [2.75, 3.05) is 0 Å². The van der Waals surface area contributed by atoms with E-state index >= 15 is 0 Å². The van der Waals surface area contributed by atoms with Crippen molar-refractivity contribution in [3.05, 3.63) is 97.4 Å².